The first-order valence-corrected chi connectivity index (χ1v) is 12.8. The number of benzene rings is 1. The van der Waals surface area contributed by atoms with Crippen LogP contribution in [-0.4, -0.2) is 84.3 Å². The molecule has 3 saturated heterocycles. The van der Waals surface area contributed by atoms with Gasteiger partial charge in [0.15, 0.2) is 0 Å². The summed E-state index contributed by atoms with van der Waals surface area (Å²) in [6.07, 6.45) is 5.00. The summed E-state index contributed by atoms with van der Waals surface area (Å²) in [6.45, 7) is 7.12. The molecule has 0 aliphatic carbocycles. The molecule has 184 valence electrons. The molecule has 3 fully saturated rings. The second kappa shape index (κ2) is 9.93. The van der Waals surface area contributed by atoms with E-state index < -0.39 is 0 Å². The van der Waals surface area contributed by atoms with Crippen LogP contribution in [0.3, 0.4) is 0 Å². The van der Waals surface area contributed by atoms with E-state index >= 15 is 0 Å². The highest BCUT2D eigenvalue weighted by atomic mass is 16.5. The fourth-order valence-corrected chi connectivity index (χ4v) is 5.56. The molecular formula is C26H33N7O2. The molecule has 0 spiro atoms. The maximum absolute atomic E-state index is 12.9. The molecule has 6 rings (SSSR count). The van der Waals surface area contributed by atoms with E-state index in [0.29, 0.717) is 19.3 Å². The number of hydrogen-bond acceptors (Lipinski definition) is 7. The maximum atomic E-state index is 12.9. The van der Waals surface area contributed by atoms with E-state index in [9.17, 15) is 4.79 Å². The Morgan fingerprint density at radius 1 is 1.09 bits per heavy atom. The first-order valence-electron chi connectivity index (χ1n) is 12.8. The summed E-state index contributed by atoms with van der Waals surface area (Å²) in [7, 11) is 0. The van der Waals surface area contributed by atoms with Crippen LogP contribution in [-0.2, 0) is 9.53 Å². The second-order valence-electron chi connectivity index (χ2n) is 9.79. The first kappa shape index (κ1) is 22.5. The minimum atomic E-state index is 0.0579. The maximum Gasteiger partial charge on any atom is 0.228 e. The van der Waals surface area contributed by atoms with Crippen LogP contribution in [0.15, 0.2) is 36.7 Å². The number of amides is 1. The SMILES string of the molecule is O=C(Nc1ccc(-c2cc3c(N4CCOCC4)ncnc3[nH]2)cc1)C1CCN(C2CCCNC2)C1. The molecule has 5 heterocycles. The Bertz CT molecular complexity index is 1170. The Morgan fingerprint density at radius 3 is 2.74 bits per heavy atom. The van der Waals surface area contributed by atoms with Crippen LogP contribution < -0.4 is 15.5 Å². The molecule has 9 heteroatoms. The molecule has 9 nitrogen and oxygen atoms in total. The number of morpholine rings is 1. The largest absolute Gasteiger partial charge is 0.378 e. The topological polar surface area (TPSA) is 98.4 Å². The van der Waals surface area contributed by atoms with Gasteiger partial charge in [0.1, 0.15) is 17.8 Å². The van der Waals surface area contributed by atoms with Crippen molar-refractivity contribution in [3.8, 4) is 11.3 Å². The van der Waals surface area contributed by atoms with Crippen LogP contribution in [0.2, 0.25) is 0 Å². The van der Waals surface area contributed by atoms with Crippen LogP contribution in [0.5, 0.6) is 0 Å². The molecule has 0 saturated carbocycles. The number of hydrogen-bond donors (Lipinski definition) is 3. The summed E-state index contributed by atoms with van der Waals surface area (Å²) < 4.78 is 5.48. The number of nitrogens with one attached hydrogen (secondary N) is 3. The van der Waals surface area contributed by atoms with Crippen LogP contribution in [0, 0.1) is 5.92 Å². The van der Waals surface area contributed by atoms with Gasteiger partial charge in [0.2, 0.25) is 5.91 Å². The highest BCUT2D eigenvalue weighted by Gasteiger charge is 2.32. The monoisotopic (exact) mass is 475 g/mol. The number of fused-ring (bicyclic) bond motifs is 1. The number of nitrogens with zero attached hydrogens (tertiary/aromatic N) is 4. The van der Waals surface area contributed by atoms with E-state index in [1.165, 1.54) is 12.8 Å². The third-order valence-corrected chi connectivity index (χ3v) is 7.56. The van der Waals surface area contributed by atoms with Crippen molar-refractivity contribution in [2.45, 2.75) is 25.3 Å². The number of ether oxygens (including phenoxy) is 1. The van der Waals surface area contributed by atoms with Gasteiger partial charge in [-0.3, -0.25) is 9.69 Å². The number of carbonyl (C=O) groups excluding carboxylic acids is 1. The van der Waals surface area contributed by atoms with Gasteiger partial charge in [-0.05, 0) is 56.1 Å². The fourth-order valence-electron chi connectivity index (χ4n) is 5.56. The third kappa shape index (κ3) is 4.76. The van der Waals surface area contributed by atoms with Crippen LogP contribution in [0.4, 0.5) is 11.5 Å². The Kier molecular flexibility index (Phi) is 6.37. The van der Waals surface area contributed by atoms with E-state index in [1.807, 2.05) is 24.3 Å². The van der Waals surface area contributed by atoms with Gasteiger partial charge in [0.05, 0.1) is 24.5 Å². The van der Waals surface area contributed by atoms with Gasteiger partial charge in [-0.25, -0.2) is 9.97 Å². The smallest absolute Gasteiger partial charge is 0.228 e. The lowest BCUT2D eigenvalue weighted by atomic mass is 10.1. The second-order valence-corrected chi connectivity index (χ2v) is 9.79. The molecule has 2 atom stereocenters. The number of anilines is 2. The van der Waals surface area contributed by atoms with Crippen molar-refractivity contribution < 1.29 is 9.53 Å². The molecule has 0 bridgehead atoms. The van der Waals surface area contributed by atoms with Crippen LogP contribution in [0.25, 0.3) is 22.3 Å². The molecule has 0 radical (unpaired) electrons. The van der Waals surface area contributed by atoms with Crippen molar-refractivity contribution in [2.24, 2.45) is 5.92 Å². The Morgan fingerprint density at radius 2 is 1.94 bits per heavy atom. The Hall–Kier alpha value is -3.01. The van der Waals surface area contributed by atoms with Crippen molar-refractivity contribution >= 4 is 28.4 Å². The fraction of sp³-hybridized carbons (Fsp3) is 0.500. The molecule has 3 aromatic rings. The lowest BCUT2D eigenvalue weighted by Crippen LogP contribution is -2.45. The third-order valence-electron chi connectivity index (χ3n) is 7.56. The van der Waals surface area contributed by atoms with Crippen molar-refractivity contribution in [2.75, 3.05) is 62.7 Å². The van der Waals surface area contributed by atoms with Crippen LogP contribution in [0.1, 0.15) is 19.3 Å². The van der Waals surface area contributed by atoms with Gasteiger partial charge < -0.3 is 25.3 Å². The van der Waals surface area contributed by atoms with E-state index in [2.05, 4.69) is 41.5 Å². The summed E-state index contributed by atoms with van der Waals surface area (Å²) in [6, 6.07) is 10.7. The standard InChI is InChI=1S/C26H33N7O2/c34-26(19-7-9-33(16-19)21-2-1-8-27-15-21)30-20-5-3-18(4-6-20)23-14-22-24(31-23)28-17-29-25(22)32-10-12-35-13-11-32/h3-6,14,17,19,21,27H,1-2,7-13,15-16H2,(H,30,34)(H,28,29,31). The highest BCUT2D eigenvalue weighted by molar-refractivity contribution is 5.94. The van der Waals surface area contributed by atoms with Gasteiger partial charge in [-0.1, -0.05) is 12.1 Å². The summed E-state index contributed by atoms with van der Waals surface area (Å²) in [4.78, 5) is 30.1. The van der Waals surface area contributed by atoms with Gasteiger partial charge in [0, 0.05) is 43.6 Å². The zero-order valence-electron chi connectivity index (χ0n) is 20.0. The van der Waals surface area contributed by atoms with Crippen molar-refractivity contribution in [1.29, 1.82) is 0 Å². The number of carbonyl (C=O) groups is 1. The predicted octanol–water partition coefficient (Wildman–Crippen LogP) is 2.47. The highest BCUT2D eigenvalue weighted by Crippen LogP contribution is 2.30. The lowest BCUT2D eigenvalue weighted by molar-refractivity contribution is -0.119. The Balaban J connectivity index is 1.12. The first-order chi connectivity index (χ1) is 17.2. The summed E-state index contributed by atoms with van der Waals surface area (Å²) in [5.41, 5.74) is 3.69. The molecule has 2 aromatic heterocycles. The van der Waals surface area contributed by atoms with Crippen LogP contribution >= 0.6 is 0 Å². The zero-order chi connectivity index (χ0) is 23.6. The minimum absolute atomic E-state index is 0.0579. The number of H-pyrrole nitrogens is 1. The molecule has 3 aliphatic rings. The normalized spacial score (nSPS) is 23.6. The summed E-state index contributed by atoms with van der Waals surface area (Å²) in [5, 5.41) is 7.63. The minimum Gasteiger partial charge on any atom is -0.378 e. The van der Waals surface area contributed by atoms with Crippen molar-refractivity contribution in [3.05, 3.63) is 36.7 Å². The van der Waals surface area contributed by atoms with Gasteiger partial charge >= 0.3 is 0 Å². The molecule has 3 N–H and O–H groups in total. The lowest BCUT2D eigenvalue weighted by Gasteiger charge is -2.31. The number of rotatable bonds is 5. The summed E-state index contributed by atoms with van der Waals surface area (Å²) in [5.74, 6) is 1.13. The number of aromatic nitrogens is 3. The molecule has 35 heavy (non-hydrogen) atoms. The Labute approximate surface area is 205 Å². The predicted molar refractivity (Wildman–Crippen MR) is 137 cm³/mol. The molecule has 1 aromatic carbocycles. The van der Waals surface area contributed by atoms with E-state index in [1.54, 1.807) is 6.33 Å². The molecule has 3 aliphatic heterocycles. The van der Waals surface area contributed by atoms with Crippen molar-refractivity contribution in [1.82, 2.24) is 25.2 Å². The van der Waals surface area contributed by atoms with Gasteiger partial charge in [0.25, 0.3) is 0 Å². The average molecular weight is 476 g/mol. The number of piperidine rings is 1. The number of likely N-dealkylation sites (tertiary alicyclic amines) is 1. The van der Waals surface area contributed by atoms with E-state index in [4.69, 9.17) is 4.74 Å². The molecule has 1 amide bonds. The zero-order valence-corrected chi connectivity index (χ0v) is 20.0. The van der Waals surface area contributed by atoms with E-state index in [0.717, 1.165) is 79.5 Å². The average Bonchev–Trinajstić information content (AvgIpc) is 3.58. The number of aromatic amines is 1. The molecule has 2 unspecified atom stereocenters. The molecular weight excluding hydrogens is 442 g/mol. The summed E-state index contributed by atoms with van der Waals surface area (Å²) >= 11 is 0. The van der Waals surface area contributed by atoms with Gasteiger partial charge in [-0.2, -0.15) is 0 Å². The van der Waals surface area contributed by atoms with Crippen molar-refractivity contribution in [3.63, 3.8) is 0 Å². The van der Waals surface area contributed by atoms with E-state index in [-0.39, 0.29) is 11.8 Å². The van der Waals surface area contributed by atoms with Gasteiger partial charge in [-0.15, -0.1) is 0 Å². The quantitative estimate of drug-likeness (QED) is 0.521.